The Morgan fingerprint density at radius 1 is 0.593 bits per heavy atom. The number of amides is 2. The molecule has 6 aromatic heterocycles. The first-order valence-electron chi connectivity index (χ1n) is 23.7. The molecular formula is C51H61Cl2I2N13O18. The van der Waals surface area contributed by atoms with Crippen LogP contribution in [0.5, 0.6) is 35.7 Å². The number of hydrogen-bond donors (Lipinski definition) is 5. The Bertz CT molecular complexity index is 3450. The molecule has 7 rings (SSSR count). The first-order valence-corrected chi connectivity index (χ1v) is 26.5. The third-order valence-electron chi connectivity index (χ3n) is 9.21. The van der Waals surface area contributed by atoms with Gasteiger partial charge in [0.1, 0.15) is 5.15 Å². The van der Waals surface area contributed by atoms with Gasteiger partial charge in [0, 0.05) is 66.0 Å². The second-order valence-corrected chi connectivity index (χ2v) is 18.3. The van der Waals surface area contributed by atoms with Crippen molar-refractivity contribution in [2.45, 2.75) is 54.4 Å². The van der Waals surface area contributed by atoms with Crippen LogP contribution in [0.1, 0.15) is 58.1 Å². The number of carboxylic acids is 1. The molecular weight excluding hydrogens is 1410 g/mol. The molecule has 0 aliphatic carbocycles. The average Bonchev–Trinajstić information content (AvgIpc) is 3.63. The van der Waals surface area contributed by atoms with E-state index in [0.717, 1.165) is 42.0 Å². The van der Waals surface area contributed by atoms with Gasteiger partial charge in [0.05, 0.1) is 106 Å². The van der Waals surface area contributed by atoms with Gasteiger partial charge in [-0.3, -0.25) is 29.1 Å². The SMILES string of the molecule is C=CC(=O)OC.COC(=O)/C=C/c1c(C)nc(OC)nc1OC.COc1cc(C)nc(OC)n1.COc1nc(C)c(I)c(OC)n1.Cc1[nH]c(=O)[nH]c(=O)c1/C=C/C(=O)O.Cc1cc(=O)[nH]c(=O)[nH]1.Cc1cc(Cl)nc(Cl)n1.O=C1CCC(=O)N1I. The number of halogens is 4. The van der Waals surface area contributed by atoms with Crippen molar-refractivity contribution in [3.8, 4) is 35.7 Å². The van der Waals surface area contributed by atoms with Gasteiger partial charge in [0.15, 0.2) is 0 Å². The van der Waals surface area contributed by atoms with Gasteiger partial charge in [-0.2, -0.15) is 24.9 Å². The van der Waals surface area contributed by atoms with Crippen LogP contribution in [-0.4, -0.2) is 155 Å². The van der Waals surface area contributed by atoms with Crippen LogP contribution < -0.4 is 50.9 Å². The summed E-state index contributed by atoms with van der Waals surface area (Å²) in [6.07, 6.45) is 6.67. The molecule has 1 aliphatic heterocycles. The van der Waals surface area contributed by atoms with Crippen molar-refractivity contribution in [2.24, 2.45) is 0 Å². The lowest BCUT2D eigenvalue weighted by Gasteiger charge is -2.08. The fourth-order valence-corrected chi connectivity index (χ4v) is 6.77. The number of methoxy groups -OCH3 is 8. The van der Waals surface area contributed by atoms with Gasteiger partial charge >= 0.3 is 47.3 Å². The summed E-state index contributed by atoms with van der Waals surface area (Å²) in [5, 5.41) is 8.92. The largest absolute Gasteiger partial charge is 0.481 e. The summed E-state index contributed by atoms with van der Waals surface area (Å²) in [7, 11) is 11.8. The average molecular weight is 1470 g/mol. The Morgan fingerprint density at radius 2 is 1.10 bits per heavy atom. The van der Waals surface area contributed by atoms with E-state index < -0.39 is 34.8 Å². The number of carbonyl (C=O) groups excluding carboxylic acids is 4. The first-order chi connectivity index (χ1) is 40.4. The molecule has 0 unspecified atom stereocenters. The summed E-state index contributed by atoms with van der Waals surface area (Å²) < 4.78 is 40.4. The minimum atomic E-state index is -1.16. The van der Waals surface area contributed by atoms with E-state index in [0.29, 0.717) is 70.3 Å². The summed E-state index contributed by atoms with van der Waals surface area (Å²) in [4.78, 5) is 135. The van der Waals surface area contributed by atoms with Crippen LogP contribution in [-0.2, 0) is 33.4 Å². The van der Waals surface area contributed by atoms with Crippen LogP contribution in [0.2, 0.25) is 10.4 Å². The van der Waals surface area contributed by atoms with Crippen LogP contribution >= 0.6 is 68.7 Å². The summed E-state index contributed by atoms with van der Waals surface area (Å²) in [6.45, 7) is 13.6. The van der Waals surface area contributed by atoms with E-state index >= 15 is 0 Å². The monoisotopic (exact) mass is 1470 g/mol. The van der Waals surface area contributed by atoms with Crippen LogP contribution in [0.25, 0.3) is 12.2 Å². The quantitative estimate of drug-likeness (QED) is 0.0217. The molecule has 6 aromatic rings. The number of H-pyrrole nitrogens is 4. The number of aromatic amines is 4. The molecule has 0 atom stereocenters. The first kappa shape index (κ1) is 77.3. The van der Waals surface area contributed by atoms with Gasteiger partial charge in [-0.05, 0) is 94.0 Å². The molecule has 86 heavy (non-hydrogen) atoms. The van der Waals surface area contributed by atoms with E-state index in [-0.39, 0.29) is 34.2 Å². The lowest BCUT2D eigenvalue weighted by atomic mass is 10.2. The van der Waals surface area contributed by atoms with E-state index in [4.69, 9.17) is 56.7 Å². The highest BCUT2D eigenvalue weighted by Crippen LogP contribution is 2.24. The number of carbonyl (C=O) groups is 5. The van der Waals surface area contributed by atoms with Gasteiger partial charge in [-0.25, -0.2) is 42.0 Å². The maximum atomic E-state index is 11.2. The van der Waals surface area contributed by atoms with Crippen molar-refractivity contribution in [1.29, 1.82) is 0 Å². The second-order valence-electron chi connectivity index (χ2n) is 15.5. The number of nitrogens with zero attached hydrogens (tertiary/aromatic N) is 9. The van der Waals surface area contributed by atoms with Crippen molar-refractivity contribution < 1.29 is 67.0 Å². The van der Waals surface area contributed by atoms with Crippen LogP contribution in [0.4, 0.5) is 0 Å². The van der Waals surface area contributed by atoms with Crippen molar-refractivity contribution in [2.75, 3.05) is 56.9 Å². The standard InChI is InChI=1S/C11H14N2O4.C8H8N2O4.C7H9IN2O2.C7H10N2O2.C5H4Cl2N2.C5H6N2O2.C4H4INO2.C4H6O2/c1-7-8(5-6-9(14)15-2)10(16-3)13-11(12-7)17-4;1-4-5(2-3-6(11)12)7(13)10-8(14)9-4;1-4-5(8)6(11-2)10-7(9-4)12-3;1-5-4-6(10-2)9-7(8-5)11-3;1-3-2-4(6)9-5(7)8-3;1-3-2-4(8)7-5(9)6-3;5-6-3(7)1-2-4(6)8;1-3-4(5)6-2/h5-6H,1-4H3;2-3H,1H3,(H,11,12)(H2,9,10,13,14);1-3H3;4H,1-3H3;2H,1H3;2H,1H3,(H2,6,7,8,9);1-2H2;3H,1H2,2H3/b6-5+;3-2+;;;;;;. The zero-order valence-electron chi connectivity index (χ0n) is 48.7. The number of aliphatic carboxylic acids is 1. The lowest BCUT2D eigenvalue weighted by molar-refractivity contribution is -0.135. The van der Waals surface area contributed by atoms with Crippen molar-refractivity contribution >= 4 is 111 Å². The third-order valence-corrected chi connectivity index (χ3v) is 11.9. The van der Waals surface area contributed by atoms with Gasteiger partial charge in [-0.15, -0.1) is 0 Å². The number of carboxylic acid groups (broad SMARTS) is 1. The predicted molar refractivity (Wildman–Crippen MR) is 329 cm³/mol. The second kappa shape index (κ2) is 41.3. The van der Waals surface area contributed by atoms with Gasteiger partial charge in [0.2, 0.25) is 34.7 Å². The summed E-state index contributed by atoms with van der Waals surface area (Å²) in [6, 6.07) is 5.60. The number of esters is 2. The Morgan fingerprint density at radius 3 is 1.52 bits per heavy atom. The van der Waals surface area contributed by atoms with E-state index in [1.165, 1.54) is 61.7 Å². The van der Waals surface area contributed by atoms with Gasteiger partial charge in [0.25, 0.3) is 11.1 Å². The summed E-state index contributed by atoms with van der Waals surface area (Å²) in [5.74, 6) is -0.734. The van der Waals surface area contributed by atoms with Crippen LogP contribution in [0.15, 0.2) is 62.2 Å². The molecule has 1 fully saturated rings. The molecule has 0 spiro atoms. The van der Waals surface area contributed by atoms with Crippen molar-refractivity contribution in [1.82, 2.24) is 62.9 Å². The van der Waals surface area contributed by atoms with Crippen molar-refractivity contribution in [3.63, 3.8) is 0 Å². The molecule has 0 aromatic carbocycles. The molecule has 1 saturated heterocycles. The molecule has 0 radical (unpaired) electrons. The minimum Gasteiger partial charge on any atom is -0.481 e. The highest BCUT2D eigenvalue weighted by Gasteiger charge is 2.26. The summed E-state index contributed by atoms with van der Waals surface area (Å²) >= 11 is 14.8. The molecule has 0 saturated carbocycles. The molecule has 2 amide bonds. The predicted octanol–water partition coefficient (Wildman–Crippen LogP) is 4.96. The smallest absolute Gasteiger partial charge is 0.330 e. The Hall–Kier alpha value is -8.71. The summed E-state index contributed by atoms with van der Waals surface area (Å²) in [5.41, 5.74) is 2.72. The fourth-order valence-electron chi connectivity index (χ4n) is 5.32. The Kier molecular flexibility index (Phi) is 37.1. The lowest BCUT2D eigenvalue weighted by Crippen LogP contribution is -2.25. The highest BCUT2D eigenvalue weighted by molar-refractivity contribution is 14.1. The number of rotatable bonds is 11. The highest BCUT2D eigenvalue weighted by atomic mass is 127. The van der Waals surface area contributed by atoms with Crippen LogP contribution in [0, 0.1) is 45.1 Å². The normalized spacial score (nSPS) is 10.7. The fraction of sp³-hybridized carbons (Fsp3) is 0.314. The van der Waals surface area contributed by atoms with E-state index in [9.17, 15) is 43.2 Å². The number of nitrogens with one attached hydrogen (secondary N) is 4. The molecule has 5 N–H and O–H groups in total. The van der Waals surface area contributed by atoms with Gasteiger partial charge in [-0.1, -0.05) is 18.2 Å². The number of ether oxygens (including phenoxy) is 8. The van der Waals surface area contributed by atoms with Crippen molar-refractivity contribution in [3.05, 3.63) is 144 Å². The molecule has 31 nitrogen and oxygen atoms in total. The van der Waals surface area contributed by atoms with Gasteiger partial charge < -0.3 is 53.0 Å². The third kappa shape index (κ3) is 30.7. The zero-order valence-corrected chi connectivity index (χ0v) is 54.5. The van der Waals surface area contributed by atoms with E-state index in [1.807, 2.05) is 23.8 Å². The number of hydrogen-bond acceptors (Lipinski definition) is 25. The van der Waals surface area contributed by atoms with E-state index in [2.05, 4.69) is 88.5 Å². The number of aryl methyl sites for hydroxylation is 6. The van der Waals surface area contributed by atoms with Crippen LogP contribution in [0.3, 0.4) is 0 Å². The maximum absolute atomic E-state index is 11.2. The topological polar surface area (TPSA) is 417 Å². The molecule has 466 valence electrons. The number of aromatic nitrogens is 12. The maximum Gasteiger partial charge on any atom is 0.330 e. The molecule has 1 aliphatic rings. The number of imide groups is 1. The molecule has 0 bridgehead atoms. The minimum absolute atomic E-state index is 0.0735. The van der Waals surface area contributed by atoms with E-state index in [1.54, 1.807) is 76.1 Å². The Balaban J connectivity index is 0.000000976. The molecule has 7 heterocycles. The Labute approximate surface area is 528 Å². The zero-order chi connectivity index (χ0) is 65.8. The molecule has 35 heteroatoms.